The first-order chi connectivity index (χ1) is 8.06. The molecule has 0 N–H and O–H groups in total. The van der Waals surface area contributed by atoms with Crippen molar-refractivity contribution < 1.29 is 0 Å². The van der Waals surface area contributed by atoms with Crippen LogP contribution in [0.3, 0.4) is 0 Å². The maximum Gasteiger partial charge on any atom is -0.0250 e. The van der Waals surface area contributed by atoms with Crippen molar-refractivity contribution in [1.29, 1.82) is 0 Å². The Balaban J connectivity index is 4.00. The Bertz CT molecular complexity index is 331. The summed E-state index contributed by atoms with van der Waals surface area (Å²) < 4.78 is 0. The fraction of sp³-hybridized carbons (Fsp3) is 0.412. The summed E-state index contributed by atoms with van der Waals surface area (Å²) in [5, 5.41) is 0. The molecule has 0 aromatic carbocycles. The molecule has 0 aromatic rings. The highest BCUT2D eigenvalue weighted by molar-refractivity contribution is 5.22. The first kappa shape index (κ1) is 15.7. The second-order valence-electron chi connectivity index (χ2n) is 4.56. The first-order valence-electron chi connectivity index (χ1n) is 6.39. The lowest BCUT2D eigenvalue weighted by molar-refractivity contribution is 1.00. The molecule has 94 valence electrons. The summed E-state index contributed by atoms with van der Waals surface area (Å²) in [6.45, 7) is 12.5. The van der Waals surface area contributed by atoms with Crippen LogP contribution in [0.1, 0.15) is 47.0 Å². The van der Waals surface area contributed by atoms with Crippen LogP contribution in [0, 0.1) is 0 Å². The van der Waals surface area contributed by atoms with E-state index < -0.39 is 0 Å². The summed E-state index contributed by atoms with van der Waals surface area (Å²) >= 11 is 0. The Labute approximate surface area is 107 Å². The molecule has 0 spiro atoms. The highest BCUT2D eigenvalue weighted by Gasteiger charge is 1.88. The Morgan fingerprint density at radius 3 is 2.41 bits per heavy atom. The zero-order valence-corrected chi connectivity index (χ0v) is 11.8. The average Bonchev–Trinajstić information content (AvgIpc) is 2.25. The monoisotopic (exact) mass is 230 g/mol. The van der Waals surface area contributed by atoms with Crippen molar-refractivity contribution in [2.75, 3.05) is 0 Å². The van der Waals surface area contributed by atoms with Gasteiger partial charge in [0.05, 0.1) is 0 Å². The maximum atomic E-state index is 4.03. The molecule has 0 rings (SSSR count). The van der Waals surface area contributed by atoms with Crippen molar-refractivity contribution in [3.05, 3.63) is 59.8 Å². The fourth-order valence-corrected chi connectivity index (χ4v) is 1.31. The molecule has 0 heteroatoms. The minimum absolute atomic E-state index is 1.05. The van der Waals surface area contributed by atoms with Gasteiger partial charge < -0.3 is 0 Å². The van der Waals surface area contributed by atoms with Gasteiger partial charge in [0.25, 0.3) is 0 Å². The van der Waals surface area contributed by atoms with Gasteiger partial charge in [-0.05, 0) is 40.0 Å². The van der Waals surface area contributed by atoms with Crippen LogP contribution in [0.2, 0.25) is 0 Å². The van der Waals surface area contributed by atoms with Crippen LogP contribution in [0.15, 0.2) is 59.8 Å². The van der Waals surface area contributed by atoms with Gasteiger partial charge in [0.2, 0.25) is 0 Å². The molecule has 0 unspecified atom stereocenters. The lowest BCUT2D eigenvalue weighted by Gasteiger charge is -1.97. The number of rotatable bonds is 7. The van der Waals surface area contributed by atoms with Gasteiger partial charge in [-0.25, -0.2) is 0 Å². The summed E-state index contributed by atoms with van der Waals surface area (Å²) in [5.74, 6) is 0. The summed E-state index contributed by atoms with van der Waals surface area (Å²) in [7, 11) is 0. The van der Waals surface area contributed by atoms with Crippen molar-refractivity contribution in [2.24, 2.45) is 0 Å². The lowest BCUT2D eigenvalue weighted by Crippen LogP contribution is -1.77. The van der Waals surface area contributed by atoms with E-state index in [1.807, 2.05) is 0 Å². The molecule has 0 radical (unpaired) electrons. The molecular weight excluding hydrogens is 204 g/mol. The summed E-state index contributed by atoms with van der Waals surface area (Å²) in [6, 6.07) is 0. The van der Waals surface area contributed by atoms with E-state index in [1.54, 1.807) is 0 Å². The van der Waals surface area contributed by atoms with Gasteiger partial charge >= 0.3 is 0 Å². The second-order valence-corrected chi connectivity index (χ2v) is 4.56. The smallest absolute Gasteiger partial charge is 0.0250 e. The van der Waals surface area contributed by atoms with Crippen molar-refractivity contribution >= 4 is 0 Å². The maximum absolute atomic E-state index is 4.03. The molecule has 0 aromatic heterocycles. The quantitative estimate of drug-likeness (QED) is 0.488. The van der Waals surface area contributed by atoms with E-state index in [9.17, 15) is 0 Å². The largest absolute Gasteiger partial charge is 0.0958 e. The average molecular weight is 230 g/mol. The zero-order valence-electron chi connectivity index (χ0n) is 11.8. The fourth-order valence-electron chi connectivity index (χ4n) is 1.31. The Morgan fingerprint density at radius 2 is 1.82 bits per heavy atom. The molecule has 0 fully saturated rings. The Morgan fingerprint density at radius 1 is 1.12 bits per heavy atom. The van der Waals surface area contributed by atoms with E-state index in [1.165, 1.54) is 16.7 Å². The molecule has 0 atom stereocenters. The molecular formula is C17H26. The standard InChI is InChI=1S/C17H26/c1-6-7-11-16(4)13-9-14-17(5)12-8-10-15(2)3/h7-8,10-12,14H,4,6,9,13H2,1-3,5H3. The third-order valence-electron chi connectivity index (χ3n) is 2.31. The third-order valence-corrected chi connectivity index (χ3v) is 2.31. The molecule has 0 saturated heterocycles. The lowest BCUT2D eigenvalue weighted by atomic mass is 10.1. The van der Waals surface area contributed by atoms with Crippen molar-refractivity contribution in [3.8, 4) is 0 Å². The molecule has 0 nitrogen and oxygen atoms in total. The van der Waals surface area contributed by atoms with Gasteiger partial charge in [-0.2, -0.15) is 0 Å². The van der Waals surface area contributed by atoms with E-state index in [4.69, 9.17) is 0 Å². The summed E-state index contributed by atoms with van der Waals surface area (Å²) in [5.41, 5.74) is 3.85. The van der Waals surface area contributed by atoms with Crippen LogP contribution in [-0.4, -0.2) is 0 Å². The normalized spacial score (nSPS) is 12.4. The van der Waals surface area contributed by atoms with Gasteiger partial charge in [0.1, 0.15) is 0 Å². The molecule has 0 amide bonds. The third kappa shape index (κ3) is 11.0. The predicted molar refractivity (Wildman–Crippen MR) is 80.1 cm³/mol. The van der Waals surface area contributed by atoms with Gasteiger partial charge in [-0.15, -0.1) is 0 Å². The van der Waals surface area contributed by atoms with E-state index in [0.717, 1.165) is 19.3 Å². The SMILES string of the molecule is C=C(C=CCC)CCC=C(C)C=CC=C(C)C. The van der Waals surface area contributed by atoms with Crippen molar-refractivity contribution in [2.45, 2.75) is 47.0 Å². The van der Waals surface area contributed by atoms with Crippen LogP contribution in [-0.2, 0) is 0 Å². The van der Waals surface area contributed by atoms with Crippen LogP contribution in [0.25, 0.3) is 0 Å². The summed E-state index contributed by atoms with van der Waals surface area (Å²) in [4.78, 5) is 0. The van der Waals surface area contributed by atoms with E-state index in [-0.39, 0.29) is 0 Å². The predicted octanol–water partition coefficient (Wildman–Crippen LogP) is 5.76. The second kappa shape index (κ2) is 9.89. The highest BCUT2D eigenvalue weighted by atomic mass is 13.9. The van der Waals surface area contributed by atoms with Crippen molar-refractivity contribution in [1.82, 2.24) is 0 Å². The molecule has 0 aliphatic rings. The van der Waals surface area contributed by atoms with Gasteiger partial charge in [0.15, 0.2) is 0 Å². The van der Waals surface area contributed by atoms with Gasteiger partial charge in [-0.1, -0.05) is 66.7 Å². The molecule has 0 heterocycles. The minimum Gasteiger partial charge on any atom is -0.0958 e. The van der Waals surface area contributed by atoms with E-state index in [0.29, 0.717) is 0 Å². The topological polar surface area (TPSA) is 0 Å². The van der Waals surface area contributed by atoms with E-state index in [2.05, 4.69) is 70.7 Å². The van der Waals surface area contributed by atoms with Crippen LogP contribution in [0.4, 0.5) is 0 Å². The summed E-state index contributed by atoms with van der Waals surface area (Å²) in [6.07, 6.45) is 16.1. The van der Waals surface area contributed by atoms with Gasteiger partial charge in [0, 0.05) is 0 Å². The Hall–Kier alpha value is -1.30. The molecule has 0 aliphatic heterocycles. The molecule has 0 aliphatic carbocycles. The van der Waals surface area contributed by atoms with Gasteiger partial charge in [-0.3, -0.25) is 0 Å². The zero-order chi connectivity index (χ0) is 13.1. The molecule has 17 heavy (non-hydrogen) atoms. The number of hydrogen-bond donors (Lipinski definition) is 0. The first-order valence-corrected chi connectivity index (χ1v) is 6.39. The number of allylic oxidation sites excluding steroid dienone is 9. The Kier molecular flexibility index (Phi) is 9.14. The number of hydrogen-bond acceptors (Lipinski definition) is 0. The van der Waals surface area contributed by atoms with Crippen molar-refractivity contribution in [3.63, 3.8) is 0 Å². The molecule has 0 bridgehead atoms. The van der Waals surface area contributed by atoms with Crippen LogP contribution in [0.5, 0.6) is 0 Å². The minimum atomic E-state index is 1.05. The van der Waals surface area contributed by atoms with Crippen LogP contribution >= 0.6 is 0 Å². The highest BCUT2D eigenvalue weighted by Crippen LogP contribution is 2.08. The molecule has 0 saturated carbocycles. The van der Waals surface area contributed by atoms with Crippen LogP contribution < -0.4 is 0 Å². The van der Waals surface area contributed by atoms with E-state index >= 15 is 0 Å².